The van der Waals surface area contributed by atoms with Crippen LogP contribution in [0, 0.1) is 0 Å². The van der Waals surface area contributed by atoms with Crippen LogP contribution >= 0.6 is 0 Å². The van der Waals surface area contributed by atoms with Gasteiger partial charge in [0.05, 0.1) is 6.42 Å². The zero-order valence-electron chi connectivity index (χ0n) is 8.10. The normalized spacial score (nSPS) is 9.79. The molecular formula is C10H14N2O2. The maximum Gasteiger partial charge on any atom is 0.305 e. The van der Waals surface area contributed by atoms with Gasteiger partial charge in [0.2, 0.25) is 0 Å². The number of hydrogen-bond donors (Lipinski definition) is 2. The summed E-state index contributed by atoms with van der Waals surface area (Å²) in [6.07, 6.45) is 0.140. The quantitative estimate of drug-likeness (QED) is 0.706. The Morgan fingerprint density at radius 2 is 2.00 bits per heavy atom. The average Bonchev–Trinajstić information content (AvgIpc) is 2.15. The molecular weight excluding hydrogens is 180 g/mol. The zero-order valence-corrected chi connectivity index (χ0v) is 8.10. The minimum Gasteiger partial charge on any atom is -0.481 e. The highest BCUT2D eigenvalue weighted by Crippen LogP contribution is 2.14. The fourth-order valence-corrected chi connectivity index (χ4v) is 1.12. The summed E-state index contributed by atoms with van der Waals surface area (Å²) in [4.78, 5) is 12.2. The molecule has 1 rings (SSSR count). The first-order valence-electron chi connectivity index (χ1n) is 4.38. The van der Waals surface area contributed by atoms with Crippen molar-refractivity contribution < 1.29 is 9.90 Å². The number of benzene rings is 1. The molecule has 0 unspecified atom stereocenters. The highest BCUT2D eigenvalue weighted by molar-refractivity contribution is 5.67. The van der Waals surface area contributed by atoms with Crippen molar-refractivity contribution in [2.45, 2.75) is 6.42 Å². The van der Waals surface area contributed by atoms with Crippen molar-refractivity contribution >= 4 is 17.3 Å². The van der Waals surface area contributed by atoms with Gasteiger partial charge in [-0.2, -0.15) is 0 Å². The molecule has 0 aliphatic carbocycles. The van der Waals surface area contributed by atoms with Gasteiger partial charge < -0.3 is 15.7 Å². The Morgan fingerprint density at radius 1 is 1.43 bits per heavy atom. The van der Waals surface area contributed by atoms with E-state index in [2.05, 4.69) is 0 Å². The van der Waals surface area contributed by atoms with Crippen LogP contribution < -0.4 is 10.6 Å². The van der Waals surface area contributed by atoms with E-state index in [0.29, 0.717) is 12.2 Å². The van der Waals surface area contributed by atoms with E-state index in [9.17, 15) is 4.79 Å². The van der Waals surface area contributed by atoms with Crippen LogP contribution in [-0.2, 0) is 4.79 Å². The second kappa shape index (κ2) is 4.50. The summed E-state index contributed by atoms with van der Waals surface area (Å²) in [5.74, 6) is -0.785. The summed E-state index contributed by atoms with van der Waals surface area (Å²) in [6.45, 7) is 0.499. The number of aliphatic carboxylic acids is 1. The third kappa shape index (κ3) is 2.97. The molecule has 1 aromatic carbocycles. The summed E-state index contributed by atoms with van der Waals surface area (Å²) < 4.78 is 0. The minimum absolute atomic E-state index is 0.140. The molecule has 76 valence electrons. The Bertz CT molecular complexity index is 308. The van der Waals surface area contributed by atoms with Crippen molar-refractivity contribution in [2.24, 2.45) is 0 Å². The molecule has 0 aliphatic rings. The van der Waals surface area contributed by atoms with Crippen molar-refractivity contribution in [3.05, 3.63) is 24.3 Å². The van der Waals surface area contributed by atoms with Gasteiger partial charge >= 0.3 is 5.97 Å². The van der Waals surface area contributed by atoms with E-state index in [1.165, 1.54) is 0 Å². The summed E-state index contributed by atoms with van der Waals surface area (Å²) in [6, 6.07) is 7.34. The minimum atomic E-state index is -0.785. The smallest absolute Gasteiger partial charge is 0.305 e. The molecule has 0 amide bonds. The highest BCUT2D eigenvalue weighted by atomic mass is 16.4. The molecule has 4 heteroatoms. The van der Waals surface area contributed by atoms with Crippen LogP contribution in [0.2, 0.25) is 0 Å². The first kappa shape index (κ1) is 10.4. The summed E-state index contributed by atoms with van der Waals surface area (Å²) >= 11 is 0. The van der Waals surface area contributed by atoms with E-state index in [1.807, 2.05) is 24.1 Å². The fourth-order valence-electron chi connectivity index (χ4n) is 1.12. The Balaban J connectivity index is 2.56. The van der Waals surface area contributed by atoms with Gasteiger partial charge in [0.15, 0.2) is 0 Å². The van der Waals surface area contributed by atoms with Gasteiger partial charge in [0, 0.05) is 25.0 Å². The predicted molar refractivity (Wildman–Crippen MR) is 56.4 cm³/mol. The molecule has 14 heavy (non-hydrogen) atoms. The number of carboxylic acid groups (broad SMARTS) is 1. The van der Waals surface area contributed by atoms with Gasteiger partial charge in [-0.05, 0) is 24.3 Å². The van der Waals surface area contributed by atoms with E-state index < -0.39 is 5.97 Å². The highest BCUT2D eigenvalue weighted by Gasteiger charge is 2.02. The van der Waals surface area contributed by atoms with Crippen LogP contribution in [0.25, 0.3) is 0 Å². The number of anilines is 2. The Morgan fingerprint density at radius 3 is 2.50 bits per heavy atom. The Hall–Kier alpha value is -1.71. The Labute approximate surface area is 82.9 Å². The van der Waals surface area contributed by atoms with Crippen LogP contribution in [0.5, 0.6) is 0 Å². The van der Waals surface area contributed by atoms with Gasteiger partial charge in [-0.25, -0.2) is 0 Å². The van der Waals surface area contributed by atoms with E-state index in [-0.39, 0.29) is 6.42 Å². The van der Waals surface area contributed by atoms with Gasteiger partial charge in [0.1, 0.15) is 0 Å². The first-order valence-corrected chi connectivity index (χ1v) is 4.38. The molecule has 0 heterocycles. The number of nitrogens with zero attached hydrogens (tertiary/aromatic N) is 1. The third-order valence-corrected chi connectivity index (χ3v) is 1.99. The fraction of sp³-hybridized carbons (Fsp3) is 0.300. The number of carbonyl (C=O) groups is 1. The largest absolute Gasteiger partial charge is 0.481 e. The maximum atomic E-state index is 10.3. The number of carboxylic acids is 1. The first-order chi connectivity index (χ1) is 6.59. The van der Waals surface area contributed by atoms with Crippen molar-refractivity contribution in [2.75, 3.05) is 24.2 Å². The van der Waals surface area contributed by atoms with Crippen molar-refractivity contribution in [1.29, 1.82) is 0 Å². The Kier molecular flexibility index (Phi) is 3.34. The lowest BCUT2D eigenvalue weighted by Gasteiger charge is -2.18. The summed E-state index contributed by atoms with van der Waals surface area (Å²) in [5.41, 5.74) is 7.22. The second-order valence-corrected chi connectivity index (χ2v) is 3.16. The molecule has 0 aromatic heterocycles. The standard InChI is InChI=1S/C10H14N2O2/c1-12(7-6-10(13)14)9-4-2-8(11)3-5-9/h2-5H,6-7,11H2,1H3,(H,13,14). The maximum absolute atomic E-state index is 10.3. The summed E-state index contributed by atoms with van der Waals surface area (Å²) in [5, 5.41) is 8.51. The summed E-state index contributed by atoms with van der Waals surface area (Å²) in [7, 11) is 1.86. The van der Waals surface area contributed by atoms with E-state index in [1.54, 1.807) is 12.1 Å². The van der Waals surface area contributed by atoms with E-state index in [4.69, 9.17) is 10.8 Å². The van der Waals surface area contributed by atoms with E-state index in [0.717, 1.165) is 5.69 Å². The van der Waals surface area contributed by atoms with Gasteiger partial charge in [-0.1, -0.05) is 0 Å². The number of rotatable bonds is 4. The van der Waals surface area contributed by atoms with Crippen LogP contribution in [0.15, 0.2) is 24.3 Å². The van der Waals surface area contributed by atoms with Gasteiger partial charge in [-0.15, -0.1) is 0 Å². The average molecular weight is 194 g/mol. The molecule has 0 spiro atoms. The van der Waals surface area contributed by atoms with Gasteiger partial charge in [0.25, 0.3) is 0 Å². The molecule has 3 N–H and O–H groups in total. The van der Waals surface area contributed by atoms with E-state index >= 15 is 0 Å². The number of hydrogen-bond acceptors (Lipinski definition) is 3. The molecule has 0 atom stereocenters. The SMILES string of the molecule is CN(CCC(=O)O)c1ccc(N)cc1. The molecule has 0 bridgehead atoms. The monoisotopic (exact) mass is 194 g/mol. The van der Waals surface area contributed by atoms with Crippen LogP contribution in [0.1, 0.15) is 6.42 Å². The van der Waals surface area contributed by atoms with Crippen LogP contribution in [0.4, 0.5) is 11.4 Å². The van der Waals surface area contributed by atoms with Crippen LogP contribution in [0.3, 0.4) is 0 Å². The molecule has 0 saturated carbocycles. The molecule has 0 fully saturated rings. The van der Waals surface area contributed by atoms with Gasteiger partial charge in [-0.3, -0.25) is 4.79 Å². The predicted octanol–water partition coefficient (Wildman–Crippen LogP) is 1.18. The lowest BCUT2D eigenvalue weighted by Crippen LogP contribution is -2.20. The topological polar surface area (TPSA) is 66.6 Å². The van der Waals surface area contributed by atoms with Crippen molar-refractivity contribution in [3.63, 3.8) is 0 Å². The lowest BCUT2D eigenvalue weighted by molar-refractivity contribution is -0.136. The second-order valence-electron chi connectivity index (χ2n) is 3.16. The molecule has 0 aliphatic heterocycles. The van der Waals surface area contributed by atoms with Crippen molar-refractivity contribution in [3.8, 4) is 0 Å². The molecule has 1 aromatic rings. The lowest BCUT2D eigenvalue weighted by atomic mass is 10.2. The van der Waals surface area contributed by atoms with Crippen LogP contribution in [-0.4, -0.2) is 24.7 Å². The molecule has 4 nitrogen and oxygen atoms in total. The van der Waals surface area contributed by atoms with Crippen molar-refractivity contribution in [1.82, 2.24) is 0 Å². The molecule has 0 radical (unpaired) electrons. The molecule has 0 saturated heterocycles. The number of nitrogens with two attached hydrogens (primary N) is 1. The third-order valence-electron chi connectivity index (χ3n) is 1.99. The zero-order chi connectivity index (χ0) is 10.6. The number of nitrogen functional groups attached to an aromatic ring is 1.